The number of carbonyl (C=O) groups excluding carboxylic acids is 2. The second kappa shape index (κ2) is 11.4. The van der Waals surface area contributed by atoms with Gasteiger partial charge in [-0.15, -0.1) is 0 Å². The van der Waals surface area contributed by atoms with Gasteiger partial charge in [-0.2, -0.15) is 0 Å². The number of amides is 2. The summed E-state index contributed by atoms with van der Waals surface area (Å²) >= 11 is 12.3. The Balaban J connectivity index is 2.21. The third kappa shape index (κ3) is 7.15. The van der Waals surface area contributed by atoms with E-state index in [9.17, 15) is 9.59 Å². The monoisotopic (exact) mass is 464 g/mol. The van der Waals surface area contributed by atoms with E-state index >= 15 is 0 Å². The fourth-order valence-corrected chi connectivity index (χ4v) is 3.44. The number of rotatable bonds is 9. The van der Waals surface area contributed by atoms with Crippen molar-refractivity contribution in [1.82, 2.24) is 10.2 Å². The number of ether oxygens (including phenoxy) is 1. The summed E-state index contributed by atoms with van der Waals surface area (Å²) in [6.45, 7) is 10.2. The quantitative estimate of drug-likeness (QED) is 0.555. The van der Waals surface area contributed by atoms with Gasteiger partial charge in [-0.25, -0.2) is 0 Å². The van der Waals surface area contributed by atoms with Gasteiger partial charge in [0.1, 0.15) is 11.8 Å². The van der Waals surface area contributed by atoms with Crippen LogP contribution in [0.15, 0.2) is 36.4 Å². The third-order valence-electron chi connectivity index (χ3n) is 5.11. The Labute approximate surface area is 194 Å². The second-order valence-electron chi connectivity index (χ2n) is 8.06. The molecule has 2 amide bonds. The van der Waals surface area contributed by atoms with E-state index in [1.54, 1.807) is 25.1 Å². The van der Waals surface area contributed by atoms with Crippen molar-refractivity contribution < 1.29 is 14.3 Å². The maximum atomic E-state index is 13.1. The lowest BCUT2D eigenvalue weighted by Gasteiger charge is -2.29. The van der Waals surface area contributed by atoms with Gasteiger partial charge in [0.05, 0.1) is 0 Å². The molecule has 5 nitrogen and oxygen atoms in total. The molecule has 31 heavy (non-hydrogen) atoms. The second-order valence-corrected chi connectivity index (χ2v) is 8.90. The highest BCUT2D eigenvalue weighted by Gasteiger charge is 2.27. The number of nitrogens with one attached hydrogen (secondary N) is 1. The first kappa shape index (κ1) is 25.0. The van der Waals surface area contributed by atoms with Gasteiger partial charge in [0.15, 0.2) is 6.61 Å². The largest absolute Gasteiger partial charge is 0.483 e. The van der Waals surface area contributed by atoms with E-state index in [0.717, 1.165) is 11.1 Å². The Bertz CT molecular complexity index is 931. The third-order valence-corrected chi connectivity index (χ3v) is 5.70. The van der Waals surface area contributed by atoms with Crippen LogP contribution in [0.3, 0.4) is 0 Å². The lowest BCUT2D eigenvalue weighted by Crippen LogP contribution is -2.49. The Morgan fingerprint density at radius 2 is 1.81 bits per heavy atom. The first-order chi connectivity index (χ1) is 14.6. The molecule has 2 aromatic rings. The standard InChI is InChI=1S/C24H30Cl2N2O3/c1-15(2)12-27-24(30)18(5)28(13-19-9-10-20(25)11-21(19)26)23(29)14-31-22-8-6-7-16(3)17(22)4/h6-11,15,18H,12-14H2,1-5H3,(H,27,30). The molecular weight excluding hydrogens is 435 g/mol. The summed E-state index contributed by atoms with van der Waals surface area (Å²) in [5.74, 6) is 0.423. The molecule has 0 aliphatic rings. The average Bonchev–Trinajstić information content (AvgIpc) is 2.71. The van der Waals surface area contributed by atoms with Crippen LogP contribution in [0.5, 0.6) is 5.75 Å². The van der Waals surface area contributed by atoms with Gasteiger partial charge in [-0.1, -0.05) is 55.2 Å². The molecule has 1 atom stereocenters. The SMILES string of the molecule is Cc1cccc(OCC(=O)N(Cc2ccc(Cl)cc2Cl)C(C)C(=O)NCC(C)C)c1C. The molecule has 0 radical (unpaired) electrons. The molecule has 0 aliphatic heterocycles. The van der Waals surface area contributed by atoms with E-state index in [1.807, 2.05) is 45.9 Å². The van der Waals surface area contributed by atoms with Gasteiger partial charge < -0.3 is 15.0 Å². The number of hydrogen-bond acceptors (Lipinski definition) is 3. The summed E-state index contributed by atoms with van der Waals surface area (Å²) < 4.78 is 5.80. The Hall–Kier alpha value is -2.24. The normalized spacial score (nSPS) is 11.9. The van der Waals surface area contributed by atoms with Crippen LogP contribution in [0, 0.1) is 19.8 Å². The summed E-state index contributed by atoms with van der Waals surface area (Å²) in [4.78, 5) is 27.3. The number of hydrogen-bond donors (Lipinski definition) is 1. The van der Waals surface area contributed by atoms with Gasteiger partial charge in [0.25, 0.3) is 5.91 Å². The Morgan fingerprint density at radius 1 is 1.10 bits per heavy atom. The zero-order valence-electron chi connectivity index (χ0n) is 18.7. The molecule has 0 aromatic heterocycles. The van der Waals surface area contributed by atoms with Crippen LogP contribution in [-0.4, -0.2) is 35.9 Å². The predicted molar refractivity (Wildman–Crippen MR) is 126 cm³/mol. The van der Waals surface area contributed by atoms with Crippen molar-refractivity contribution in [2.75, 3.05) is 13.2 Å². The topological polar surface area (TPSA) is 58.6 Å². The van der Waals surface area contributed by atoms with Gasteiger partial charge in [-0.3, -0.25) is 9.59 Å². The smallest absolute Gasteiger partial charge is 0.261 e. The molecule has 0 bridgehead atoms. The zero-order chi connectivity index (χ0) is 23.1. The predicted octanol–water partition coefficient (Wildman–Crippen LogP) is 5.18. The highest BCUT2D eigenvalue weighted by molar-refractivity contribution is 6.35. The molecule has 0 saturated heterocycles. The van der Waals surface area contributed by atoms with Crippen LogP contribution in [0.25, 0.3) is 0 Å². The number of aryl methyl sites for hydroxylation is 1. The summed E-state index contributed by atoms with van der Waals surface area (Å²) in [6.07, 6.45) is 0. The van der Waals surface area contributed by atoms with Crippen molar-refractivity contribution in [3.63, 3.8) is 0 Å². The first-order valence-electron chi connectivity index (χ1n) is 10.3. The molecule has 0 aliphatic carbocycles. The summed E-state index contributed by atoms with van der Waals surface area (Å²) in [6, 6.07) is 10.1. The van der Waals surface area contributed by atoms with Gasteiger partial charge >= 0.3 is 0 Å². The minimum absolute atomic E-state index is 0.168. The molecule has 1 unspecified atom stereocenters. The van der Waals surface area contributed by atoms with Crippen LogP contribution in [0.2, 0.25) is 10.0 Å². The number of carbonyl (C=O) groups is 2. The van der Waals surface area contributed by atoms with Crippen LogP contribution in [0.4, 0.5) is 0 Å². The lowest BCUT2D eigenvalue weighted by molar-refractivity contribution is -0.142. The average molecular weight is 465 g/mol. The van der Waals surface area contributed by atoms with Crippen molar-refractivity contribution in [1.29, 1.82) is 0 Å². The summed E-state index contributed by atoms with van der Waals surface area (Å²) in [7, 11) is 0. The minimum atomic E-state index is -0.694. The first-order valence-corrected chi connectivity index (χ1v) is 11.1. The van der Waals surface area contributed by atoms with Crippen LogP contribution in [0.1, 0.15) is 37.5 Å². The minimum Gasteiger partial charge on any atom is -0.483 e. The van der Waals surface area contributed by atoms with Crippen LogP contribution in [-0.2, 0) is 16.1 Å². The van der Waals surface area contributed by atoms with Gasteiger partial charge in [-0.05, 0) is 61.6 Å². The van der Waals surface area contributed by atoms with Crippen molar-refractivity contribution >= 4 is 35.0 Å². The highest BCUT2D eigenvalue weighted by Crippen LogP contribution is 2.24. The molecular formula is C24H30Cl2N2O3. The van der Waals surface area contributed by atoms with E-state index in [0.29, 0.717) is 33.8 Å². The molecule has 0 spiro atoms. The lowest BCUT2D eigenvalue weighted by atomic mass is 10.1. The number of nitrogens with zero attached hydrogens (tertiary/aromatic N) is 1. The fraction of sp³-hybridized carbons (Fsp3) is 0.417. The van der Waals surface area contributed by atoms with E-state index in [2.05, 4.69) is 5.32 Å². The van der Waals surface area contributed by atoms with Crippen molar-refractivity contribution in [2.45, 2.75) is 47.2 Å². The summed E-state index contributed by atoms with van der Waals surface area (Å²) in [5.41, 5.74) is 2.76. The van der Waals surface area contributed by atoms with Gasteiger partial charge in [0, 0.05) is 23.1 Å². The Kier molecular flexibility index (Phi) is 9.20. The zero-order valence-corrected chi connectivity index (χ0v) is 20.2. The van der Waals surface area contributed by atoms with Gasteiger partial charge in [0.2, 0.25) is 5.91 Å². The van der Waals surface area contributed by atoms with E-state index in [-0.39, 0.29) is 25.0 Å². The molecule has 0 saturated carbocycles. The maximum Gasteiger partial charge on any atom is 0.261 e. The van der Waals surface area contributed by atoms with E-state index in [1.165, 1.54) is 4.90 Å². The molecule has 1 N–H and O–H groups in total. The molecule has 2 rings (SSSR count). The molecule has 0 fully saturated rings. The highest BCUT2D eigenvalue weighted by atomic mass is 35.5. The molecule has 7 heteroatoms. The van der Waals surface area contributed by atoms with Crippen LogP contribution < -0.4 is 10.1 Å². The fourth-order valence-electron chi connectivity index (χ4n) is 2.97. The molecule has 168 valence electrons. The van der Waals surface area contributed by atoms with Crippen molar-refractivity contribution in [3.05, 3.63) is 63.1 Å². The van der Waals surface area contributed by atoms with Crippen molar-refractivity contribution in [3.8, 4) is 5.75 Å². The number of halogens is 2. The van der Waals surface area contributed by atoms with Crippen molar-refractivity contribution in [2.24, 2.45) is 5.92 Å². The molecule has 2 aromatic carbocycles. The Morgan fingerprint density at radius 3 is 2.45 bits per heavy atom. The summed E-state index contributed by atoms with van der Waals surface area (Å²) in [5, 5.41) is 3.84. The molecule has 0 heterocycles. The van der Waals surface area contributed by atoms with E-state index < -0.39 is 6.04 Å². The van der Waals surface area contributed by atoms with Crippen LogP contribution >= 0.6 is 23.2 Å². The van der Waals surface area contributed by atoms with E-state index in [4.69, 9.17) is 27.9 Å². The maximum absolute atomic E-state index is 13.1. The number of benzene rings is 2.